The van der Waals surface area contributed by atoms with Crippen molar-refractivity contribution in [2.75, 3.05) is 26.4 Å². The van der Waals surface area contributed by atoms with Gasteiger partial charge in [0.15, 0.2) is 0 Å². The Morgan fingerprint density at radius 1 is 0.921 bits per heavy atom. The Bertz CT molecular complexity index is 1210. The summed E-state index contributed by atoms with van der Waals surface area (Å²) in [6.45, 7) is 1.53. The second kappa shape index (κ2) is 14.5. The van der Waals surface area contributed by atoms with E-state index in [-0.39, 0.29) is 24.6 Å². The molecule has 3 aromatic rings. The number of aliphatic hydroxyl groups is 1. The quantitative estimate of drug-likeness (QED) is 0.292. The van der Waals surface area contributed by atoms with Gasteiger partial charge in [0.1, 0.15) is 23.8 Å². The molecule has 7 nitrogen and oxygen atoms in total. The molecule has 0 unspecified atom stereocenters. The molecule has 0 fully saturated rings. The maximum atomic E-state index is 12.9. The van der Waals surface area contributed by atoms with Crippen LogP contribution in [0.3, 0.4) is 0 Å². The molecule has 0 radical (unpaired) electrons. The largest absolute Gasteiger partial charge is 0.493 e. The molecular formula is C29H30F2N2O5. The van der Waals surface area contributed by atoms with Crippen LogP contribution in [0.25, 0.3) is 6.08 Å². The molecule has 38 heavy (non-hydrogen) atoms. The Balaban J connectivity index is 1.63. The maximum Gasteiger partial charge on any atom is 0.272 e. The molecule has 9 heteroatoms. The van der Waals surface area contributed by atoms with Crippen LogP contribution in [0, 0.1) is 6.92 Å². The lowest BCUT2D eigenvalue weighted by Crippen LogP contribution is -2.36. The maximum absolute atomic E-state index is 12.9. The Labute approximate surface area is 220 Å². The summed E-state index contributed by atoms with van der Waals surface area (Å²) in [6, 6.07) is 20.9. The van der Waals surface area contributed by atoms with E-state index in [2.05, 4.69) is 34.9 Å². The number of rotatable bonds is 13. The van der Waals surface area contributed by atoms with Crippen LogP contribution in [0.4, 0.5) is 8.78 Å². The van der Waals surface area contributed by atoms with Crippen LogP contribution in [0.1, 0.15) is 27.0 Å². The molecule has 0 aliphatic rings. The van der Waals surface area contributed by atoms with Gasteiger partial charge in [-0.3, -0.25) is 9.59 Å². The molecule has 0 spiro atoms. The van der Waals surface area contributed by atoms with Crippen molar-refractivity contribution in [3.05, 3.63) is 101 Å². The standard InChI is InChI=1S/C29H30F2N2O5/c1-20-2-4-21(5-3-20)14-17-37-24-12-8-23(9-13-24)28(35)33-26(29(36)32-15-16-34)18-22-6-10-25(11-7-22)38-19-27(30)31/h2-13,18,27,34H,14-17,19H2,1H3,(H,32,36)(H,33,35)/b26-18-. The molecule has 0 atom stereocenters. The lowest BCUT2D eigenvalue weighted by Gasteiger charge is -2.12. The number of ether oxygens (including phenoxy) is 2. The summed E-state index contributed by atoms with van der Waals surface area (Å²) in [7, 11) is 0. The zero-order valence-corrected chi connectivity index (χ0v) is 21.0. The molecule has 3 aromatic carbocycles. The van der Waals surface area contributed by atoms with Crippen molar-refractivity contribution in [3.8, 4) is 11.5 Å². The van der Waals surface area contributed by atoms with Gasteiger partial charge in [0.05, 0.1) is 13.2 Å². The van der Waals surface area contributed by atoms with Crippen LogP contribution in [0.5, 0.6) is 11.5 Å². The van der Waals surface area contributed by atoms with Gasteiger partial charge in [-0.2, -0.15) is 0 Å². The molecule has 0 saturated carbocycles. The van der Waals surface area contributed by atoms with E-state index in [0.717, 1.165) is 6.42 Å². The van der Waals surface area contributed by atoms with Crippen molar-refractivity contribution < 1.29 is 33.0 Å². The van der Waals surface area contributed by atoms with E-state index < -0.39 is 24.8 Å². The fourth-order valence-corrected chi connectivity index (χ4v) is 3.35. The molecule has 0 bridgehead atoms. The molecule has 3 N–H and O–H groups in total. The van der Waals surface area contributed by atoms with Crippen molar-refractivity contribution in [3.63, 3.8) is 0 Å². The first-order valence-electron chi connectivity index (χ1n) is 12.1. The van der Waals surface area contributed by atoms with Crippen LogP contribution in [0.15, 0.2) is 78.5 Å². The minimum absolute atomic E-state index is 0.00107. The zero-order valence-electron chi connectivity index (χ0n) is 21.0. The van der Waals surface area contributed by atoms with Gasteiger partial charge in [0, 0.05) is 18.5 Å². The zero-order chi connectivity index (χ0) is 27.3. The Morgan fingerprint density at radius 3 is 2.18 bits per heavy atom. The Kier molecular flexibility index (Phi) is 10.8. The number of halogens is 2. The van der Waals surface area contributed by atoms with Gasteiger partial charge in [0.2, 0.25) is 0 Å². The predicted octanol–water partition coefficient (Wildman–Crippen LogP) is 4.14. The summed E-state index contributed by atoms with van der Waals surface area (Å²) in [5, 5.41) is 14.1. The molecule has 200 valence electrons. The van der Waals surface area contributed by atoms with Crippen molar-refractivity contribution in [1.29, 1.82) is 0 Å². The number of aliphatic hydroxyl groups excluding tert-OH is 1. The minimum Gasteiger partial charge on any atom is -0.493 e. The summed E-state index contributed by atoms with van der Waals surface area (Å²) >= 11 is 0. The molecule has 0 heterocycles. The number of hydrogen-bond acceptors (Lipinski definition) is 5. The Morgan fingerprint density at radius 2 is 1.55 bits per heavy atom. The average molecular weight is 525 g/mol. The Hall–Kier alpha value is -4.24. The average Bonchev–Trinajstić information content (AvgIpc) is 2.92. The second-order valence-corrected chi connectivity index (χ2v) is 8.37. The number of carbonyl (C=O) groups excluding carboxylic acids is 2. The topological polar surface area (TPSA) is 96.9 Å². The monoisotopic (exact) mass is 524 g/mol. The third-order valence-electron chi connectivity index (χ3n) is 5.35. The lowest BCUT2D eigenvalue weighted by atomic mass is 10.1. The minimum atomic E-state index is -2.59. The van der Waals surface area contributed by atoms with E-state index >= 15 is 0 Å². The normalized spacial score (nSPS) is 11.2. The van der Waals surface area contributed by atoms with Gasteiger partial charge in [-0.05, 0) is 60.5 Å². The number of benzene rings is 3. The highest BCUT2D eigenvalue weighted by Gasteiger charge is 2.15. The number of nitrogens with one attached hydrogen (secondary N) is 2. The van der Waals surface area contributed by atoms with E-state index in [9.17, 15) is 18.4 Å². The number of alkyl halides is 2. The number of amides is 2. The summed E-state index contributed by atoms with van der Waals surface area (Å²) < 4.78 is 35.4. The van der Waals surface area contributed by atoms with Gasteiger partial charge >= 0.3 is 0 Å². The molecule has 2 amide bonds. The van der Waals surface area contributed by atoms with E-state index in [4.69, 9.17) is 14.6 Å². The van der Waals surface area contributed by atoms with Gasteiger partial charge in [-0.25, -0.2) is 8.78 Å². The van der Waals surface area contributed by atoms with Crippen LogP contribution in [0.2, 0.25) is 0 Å². The molecule has 0 saturated heterocycles. The first kappa shape index (κ1) is 28.3. The van der Waals surface area contributed by atoms with Crippen LogP contribution in [-0.4, -0.2) is 49.7 Å². The molecule has 0 aromatic heterocycles. The van der Waals surface area contributed by atoms with Gasteiger partial charge in [0.25, 0.3) is 18.2 Å². The van der Waals surface area contributed by atoms with E-state index in [1.165, 1.54) is 29.3 Å². The van der Waals surface area contributed by atoms with Gasteiger partial charge in [-0.1, -0.05) is 42.0 Å². The summed E-state index contributed by atoms with van der Waals surface area (Å²) in [5.74, 6) is -0.252. The fraction of sp³-hybridized carbons (Fsp3) is 0.241. The van der Waals surface area contributed by atoms with Gasteiger partial charge < -0.3 is 25.2 Å². The van der Waals surface area contributed by atoms with Crippen LogP contribution < -0.4 is 20.1 Å². The highest BCUT2D eigenvalue weighted by Crippen LogP contribution is 2.17. The summed E-state index contributed by atoms with van der Waals surface area (Å²) in [6.07, 6.45) is -0.408. The highest BCUT2D eigenvalue weighted by molar-refractivity contribution is 6.05. The SMILES string of the molecule is Cc1ccc(CCOc2ccc(C(=O)N/C(=C\c3ccc(OCC(F)F)cc3)C(=O)NCCO)cc2)cc1. The first-order valence-corrected chi connectivity index (χ1v) is 12.1. The second-order valence-electron chi connectivity index (χ2n) is 8.37. The summed E-state index contributed by atoms with van der Waals surface area (Å²) in [4.78, 5) is 25.4. The third-order valence-corrected chi connectivity index (χ3v) is 5.35. The van der Waals surface area contributed by atoms with Crippen molar-refractivity contribution >= 4 is 17.9 Å². The van der Waals surface area contributed by atoms with Crippen molar-refractivity contribution in [2.45, 2.75) is 19.8 Å². The first-order chi connectivity index (χ1) is 18.3. The third kappa shape index (κ3) is 9.33. The van der Waals surface area contributed by atoms with Crippen LogP contribution >= 0.6 is 0 Å². The van der Waals surface area contributed by atoms with E-state index in [1.54, 1.807) is 36.4 Å². The summed E-state index contributed by atoms with van der Waals surface area (Å²) in [5.41, 5.74) is 3.15. The number of aryl methyl sites for hydroxylation is 1. The predicted molar refractivity (Wildman–Crippen MR) is 140 cm³/mol. The number of hydrogen-bond donors (Lipinski definition) is 3. The van der Waals surface area contributed by atoms with Crippen LogP contribution in [-0.2, 0) is 11.2 Å². The van der Waals surface area contributed by atoms with E-state index in [0.29, 0.717) is 23.5 Å². The van der Waals surface area contributed by atoms with Gasteiger partial charge in [-0.15, -0.1) is 0 Å². The van der Waals surface area contributed by atoms with Crippen molar-refractivity contribution in [1.82, 2.24) is 10.6 Å². The molecular weight excluding hydrogens is 494 g/mol. The molecule has 3 rings (SSSR count). The highest BCUT2D eigenvalue weighted by atomic mass is 19.3. The fourth-order valence-electron chi connectivity index (χ4n) is 3.35. The molecule has 0 aliphatic carbocycles. The van der Waals surface area contributed by atoms with Crippen molar-refractivity contribution in [2.24, 2.45) is 0 Å². The molecule has 0 aliphatic heterocycles. The lowest BCUT2D eigenvalue weighted by molar-refractivity contribution is -0.117. The van der Waals surface area contributed by atoms with E-state index in [1.807, 2.05) is 6.92 Å². The smallest absolute Gasteiger partial charge is 0.272 e. The number of carbonyl (C=O) groups is 2.